The standard InChI is InChI=1S/C32H59NO10/c1-12-23-32(9,38)27(34)20(4)25(33-13-14-39-10)18(2)15-30(7,37)16-19(3)26(21(5)29(36)42-23)43-24-17-31(8,40-11)28(35)22(6)41-24/h18-24,26-28,34-35,37-38H,12-17H2,1-11H3/t18-,19-,20?,21?,22?,23-,24+,26+,27?,28+,30-,31-,32-/m1/s1. The van der Waals surface area contributed by atoms with Crippen molar-refractivity contribution in [2.24, 2.45) is 28.7 Å². The lowest BCUT2D eigenvalue weighted by Gasteiger charge is -2.46. The van der Waals surface area contributed by atoms with E-state index in [0.29, 0.717) is 31.7 Å². The van der Waals surface area contributed by atoms with Crippen molar-refractivity contribution in [3.05, 3.63) is 0 Å². The van der Waals surface area contributed by atoms with Crippen LogP contribution in [0.15, 0.2) is 4.99 Å². The lowest BCUT2D eigenvalue weighted by molar-refractivity contribution is -0.296. The number of nitrogens with zero attached hydrogens (tertiary/aromatic N) is 1. The predicted octanol–water partition coefficient (Wildman–Crippen LogP) is 2.88. The summed E-state index contributed by atoms with van der Waals surface area (Å²) in [7, 11) is 3.11. The summed E-state index contributed by atoms with van der Waals surface area (Å²) in [6, 6.07) is 0. The fourth-order valence-corrected chi connectivity index (χ4v) is 7.04. The predicted molar refractivity (Wildman–Crippen MR) is 163 cm³/mol. The Labute approximate surface area is 258 Å². The maximum atomic E-state index is 13.7. The van der Waals surface area contributed by atoms with Gasteiger partial charge in [0.2, 0.25) is 0 Å². The Morgan fingerprint density at radius 2 is 1.58 bits per heavy atom. The Kier molecular flexibility index (Phi) is 13.6. The van der Waals surface area contributed by atoms with E-state index < -0.39 is 71.4 Å². The second kappa shape index (κ2) is 15.4. The molecule has 0 aromatic carbocycles. The van der Waals surface area contributed by atoms with Gasteiger partial charge in [0.15, 0.2) is 6.29 Å². The van der Waals surface area contributed by atoms with Gasteiger partial charge in [-0.25, -0.2) is 0 Å². The number of aliphatic hydroxyl groups is 4. The topological polar surface area (TPSA) is 156 Å². The summed E-state index contributed by atoms with van der Waals surface area (Å²) in [6.45, 7) is 16.7. The van der Waals surface area contributed by atoms with Gasteiger partial charge in [-0.1, -0.05) is 27.7 Å². The number of hydrogen-bond donors (Lipinski definition) is 4. The number of aliphatic hydroxyl groups excluding tert-OH is 2. The van der Waals surface area contributed by atoms with Crippen LogP contribution in [0.3, 0.4) is 0 Å². The fraction of sp³-hybridized carbons (Fsp3) is 0.938. The van der Waals surface area contributed by atoms with E-state index in [9.17, 15) is 25.2 Å². The fourth-order valence-electron chi connectivity index (χ4n) is 7.04. The molecule has 11 heteroatoms. The van der Waals surface area contributed by atoms with Crippen LogP contribution >= 0.6 is 0 Å². The minimum absolute atomic E-state index is 0.227. The van der Waals surface area contributed by atoms with Crippen LogP contribution in [-0.4, -0.2) is 113 Å². The zero-order chi connectivity index (χ0) is 32.9. The summed E-state index contributed by atoms with van der Waals surface area (Å²) >= 11 is 0. The Hall–Kier alpha value is -1.18. The number of rotatable bonds is 7. The minimum Gasteiger partial charge on any atom is -0.459 e. The number of cyclic esters (lactones) is 1. The lowest BCUT2D eigenvalue weighted by Crippen LogP contribution is -2.58. The van der Waals surface area contributed by atoms with Crippen molar-refractivity contribution in [1.82, 2.24) is 0 Å². The van der Waals surface area contributed by atoms with Gasteiger partial charge in [0.1, 0.15) is 17.8 Å². The molecule has 2 aliphatic rings. The number of esters is 1. The zero-order valence-electron chi connectivity index (χ0n) is 28.2. The van der Waals surface area contributed by atoms with Crippen molar-refractivity contribution in [2.75, 3.05) is 27.4 Å². The number of methoxy groups -OCH3 is 2. The average Bonchev–Trinajstić information content (AvgIpc) is 2.92. The number of ether oxygens (including phenoxy) is 5. The molecular weight excluding hydrogens is 558 g/mol. The normalized spacial score (nSPS) is 46.8. The third-order valence-corrected chi connectivity index (χ3v) is 9.63. The van der Waals surface area contributed by atoms with E-state index in [2.05, 4.69) is 0 Å². The largest absolute Gasteiger partial charge is 0.459 e. The van der Waals surface area contributed by atoms with Crippen LogP contribution in [0.2, 0.25) is 0 Å². The SMILES string of the molecule is CC[C@H]1OC(=O)C(C)[C@@H](O[C@H]2C[C@@](C)(OC)[C@@H](O)C(C)O2)[C@H](C)C[C@](C)(O)C[C@@H](C)C(=NCCOC)C(C)C(O)[C@]1(C)O. The third kappa shape index (κ3) is 9.19. The summed E-state index contributed by atoms with van der Waals surface area (Å²) in [5, 5.41) is 45.5. The highest BCUT2D eigenvalue weighted by Gasteiger charge is 2.49. The summed E-state index contributed by atoms with van der Waals surface area (Å²) in [6.07, 6.45) is -4.18. The molecule has 0 radical (unpaired) electrons. The summed E-state index contributed by atoms with van der Waals surface area (Å²) in [5.74, 6) is -2.56. The maximum Gasteiger partial charge on any atom is 0.311 e. The molecule has 0 aromatic rings. The molecule has 2 rings (SSSR count). The van der Waals surface area contributed by atoms with Gasteiger partial charge in [-0.05, 0) is 65.7 Å². The second-order valence-electron chi connectivity index (χ2n) is 13.7. The number of carbonyl (C=O) groups excluding carboxylic acids is 1. The molecule has 0 saturated carbocycles. The molecule has 13 atom stereocenters. The van der Waals surface area contributed by atoms with Gasteiger partial charge in [0.25, 0.3) is 0 Å². The molecule has 0 spiro atoms. The molecule has 11 nitrogen and oxygen atoms in total. The maximum absolute atomic E-state index is 13.7. The summed E-state index contributed by atoms with van der Waals surface area (Å²) in [5.41, 5.74) is -3.25. The van der Waals surface area contributed by atoms with Crippen molar-refractivity contribution in [3.8, 4) is 0 Å². The molecule has 4 N–H and O–H groups in total. The van der Waals surface area contributed by atoms with Gasteiger partial charge < -0.3 is 44.1 Å². The highest BCUT2D eigenvalue weighted by Crippen LogP contribution is 2.38. The molecule has 4 unspecified atom stereocenters. The number of aliphatic imine (C=N–C) groups is 1. The lowest BCUT2D eigenvalue weighted by atomic mass is 9.75. The van der Waals surface area contributed by atoms with E-state index in [1.807, 2.05) is 13.8 Å². The first-order chi connectivity index (χ1) is 19.8. The first kappa shape index (κ1) is 38.0. The highest BCUT2D eigenvalue weighted by molar-refractivity contribution is 5.89. The van der Waals surface area contributed by atoms with Gasteiger partial charge in [-0.2, -0.15) is 0 Å². The monoisotopic (exact) mass is 617 g/mol. The van der Waals surface area contributed by atoms with Crippen LogP contribution in [0, 0.1) is 23.7 Å². The van der Waals surface area contributed by atoms with Crippen LogP contribution in [-0.2, 0) is 28.5 Å². The van der Waals surface area contributed by atoms with Crippen LogP contribution in [0.25, 0.3) is 0 Å². The molecule has 2 aliphatic heterocycles. The molecule has 0 aromatic heterocycles. The Bertz CT molecular complexity index is 926. The third-order valence-electron chi connectivity index (χ3n) is 9.63. The highest BCUT2D eigenvalue weighted by atomic mass is 16.7. The van der Waals surface area contributed by atoms with Crippen LogP contribution < -0.4 is 0 Å². The average molecular weight is 618 g/mol. The smallest absolute Gasteiger partial charge is 0.311 e. The van der Waals surface area contributed by atoms with Crippen molar-refractivity contribution in [3.63, 3.8) is 0 Å². The van der Waals surface area contributed by atoms with E-state index in [1.165, 1.54) is 14.0 Å². The van der Waals surface area contributed by atoms with E-state index >= 15 is 0 Å². The Morgan fingerprint density at radius 3 is 2.14 bits per heavy atom. The molecule has 0 amide bonds. The molecule has 43 heavy (non-hydrogen) atoms. The van der Waals surface area contributed by atoms with Crippen LogP contribution in [0.5, 0.6) is 0 Å². The molecule has 0 aliphatic carbocycles. The summed E-state index contributed by atoms with van der Waals surface area (Å²) < 4.78 is 29.2. The van der Waals surface area contributed by atoms with E-state index in [-0.39, 0.29) is 24.7 Å². The molecule has 2 fully saturated rings. The van der Waals surface area contributed by atoms with Crippen molar-refractivity contribution in [2.45, 2.75) is 142 Å². The first-order valence-corrected chi connectivity index (χ1v) is 15.8. The van der Waals surface area contributed by atoms with Crippen molar-refractivity contribution in [1.29, 1.82) is 0 Å². The number of carbonyl (C=O) groups is 1. The van der Waals surface area contributed by atoms with Gasteiger partial charge in [0.05, 0.1) is 48.6 Å². The Balaban J connectivity index is 2.54. The molecular formula is C32H59NO10. The zero-order valence-corrected chi connectivity index (χ0v) is 28.2. The second-order valence-corrected chi connectivity index (χ2v) is 13.7. The molecule has 2 heterocycles. The van der Waals surface area contributed by atoms with E-state index in [0.717, 1.165) is 0 Å². The molecule has 252 valence electrons. The van der Waals surface area contributed by atoms with E-state index in [1.54, 1.807) is 48.7 Å². The van der Waals surface area contributed by atoms with Crippen molar-refractivity contribution < 1.29 is 48.9 Å². The van der Waals surface area contributed by atoms with Crippen molar-refractivity contribution >= 4 is 11.7 Å². The van der Waals surface area contributed by atoms with Crippen LogP contribution in [0.4, 0.5) is 0 Å². The molecule has 0 bridgehead atoms. The van der Waals surface area contributed by atoms with Gasteiger partial charge in [0, 0.05) is 32.3 Å². The minimum atomic E-state index is -1.79. The van der Waals surface area contributed by atoms with Gasteiger partial charge >= 0.3 is 5.97 Å². The van der Waals surface area contributed by atoms with Crippen LogP contribution in [0.1, 0.15) is 88.0 Å². The Morgan fingerprint density at radius 1 is 0.953 bits per heavy atom. The van der Waals surface area contributed by atoms with Gasteiger partial charge in [-0.15, -0.1) is 0 Å². The van der Waals surface area contributed by atoms with Gasteiger partial charge in [-0.3, -0.25) is 9.79 Å². The van der Waals surface area contributed by atoms with E-state index in [4.69, 9.17) is 28.7 Å². The number of hydrogen-bond acceptors (Lipinski definition) is 11. The first-order valence-electron chi connectivity index (χ1n) is 15.8. The summed E-state index contributed by atoms with van der Waals surface area (Å²) in [4.78, 5) is 18.4. The quantitative estimate of drug-likeness (QED) is 0.247. The molecule has 2 saturated heterocycles.